The highest BCUT2D eigenvalue weighted by molar-refractivity contribution is 5.60. The van der Waals surface area contributed by atoms with Crippen LogP contribution in [0.15, 0.2) is 24.5 Å². The number of nitrogens with zero attached hydrogens (tertiary/aromatic N) is 3. The average molecular weight is 310 g/mol. The SMILES string of the molecule is O[C@H]1CCCC[C@@H]1Nc1nc(-c2ccncc2)nc2c1CCC2. The molecule has 2 aliphatic rings. The highest BCUT2D eigenvalue weighted by Crippen LogP contribution is 2.31. The Hall–Kier alpha value is -2.01. The van der Waals surface area contributed by atoms with E-state index >= 15 is 0 Å². The Morgan fingerprint density at radius 2 is 1.83 bits per heavy atom. The minimum absolute atomic E-state index is 0.105. The van der Waals surface area contributed by atoms with E-state index < -0.39 is 0 Å². The van der Waals surface area contributed by atoms with Crippen LogP contribution in [-0.4, -0.2) is 32.2 Å². The van der Waals surface area contributed by atoms with E-state index in [0.29, 0.717) is 0 Å². The van der Waals surface area contributed by atoms with Crippen LogP contribution in [0.5, 0.6) is 0 Å². The lowest BCUT2D eigenvalue weighted by atomic mass is 9.92. The second-order valence-electron chi connectivity index (χ2n) is 6.51. The Kier molecular flexibility index (Phi) is 3.95. The van der Waals surface area contributed by atoms with Gasteiger partial charge in [0.15, 0.2) is 5.82 Å². The van der Waals surface area contributed by atoms with E-state index in [0.717, 1.165) is 61.4 Å². The van der Waals surface area contributed by atoms with E-state index in [1.54, 1.807) is 12.4 Å². The molecule has 0 saturated heterocycles. The number of rotatable bonds is 3. The van der Waals surface area contributed by atoms with Gasteiger partial charge in [0.05, 0.1) is 12.1 Å². The molecule has 0 unspecified atom stereocenters. The molecule has 2 N–H and O–H groups in total. The predicted molar refractivity (Wildman–Crippen MR) is 89.2 cm³/mol. The number of aliphatic hydroxyl groups is 1. The molecule has 5 nitrogen and oxygen atoms in total. The van der Waals surface area contributed by atoms with Crippen molar-refractivity contribution in [2.24, 2.45) is 0 Å². The molecule has 5 heteroatoms. The maximum atomic E-state index is 10.3. The molecule has 0 spiro atoms. The standard InChI is InChI=1S/C18H22N4O/c23-16-7-2-1-5-15(16)21-18-13-4-3-6-14(13)20-17(22-18)12-8-10-19-11-9-12/h8-11,15-16,23H,1-7H2,(H,20,21,22)/t15-,16-/m0/s1. The van der Waals surface area contributed by atoms with Gasteiger partial charge in [0.2, 0.25) is 0 Å². The molecule has 4 rings (SSSR count). The van der Waals surface area contributed by atoms with Crippen LogP contribution in [0.2, 0.25) is 0 Å². The molecular weight excluding hydrogens is 288 g/mol. The lowest BCUT2D eigenvalue weighted by Gasteiger charge is -2.29. The highest BCUT2D eigenvalue weighted by atomic mass is 16.3. The van der Waals surface area contributed by atoms with E-state index in [4.69, 9.17) is 9.97 Å². The molecule has 0 aliphatic heterocycles. The predicted octanol–water partition coefficient (Wildman–Crippen LogP) is 2.74. The van der Waals surface area contributed by atoms with Crippen LogP contribution in [0.1, 0.15) is 43.4 Å². The zero-order valence-corrected chi connectivity index (χ0v) is 13.2. The Labute approximate surface area is 136 Å². The smallest absolute Gasteiger partial charge is 0.161 e. The minimum Gasteiger partial charge on any atom is -0.391 e. The number of aliphatic hydroxyl groups excluding tert-OH is 1. The number of fused-ring (bicyclic) bond motifs is 1. The number of nitrogens with one attached hydrogen (secondary N) is 1. The topological polar surface area (TPSA) is 70.9 Å². The van der Waals surface area contributed by atoms with Gasteiger partial charge in [0, 0.05) is 29.2 Å². The van der Waals surface area contributed by atoms with E-state index in [2.05, 4.69) is 10.3 Å². The highest BCUT2D eigenvalue weighted by Gasteiger charge is 2.26. The first-order valence-corrected chi connectivity index (χ1v) is 8.56. The molecule has 0 bridgehead atoms. The van der Waals surface area contributed by atoms with E-state index in [1.807, 2.05) is 12.1 Å². The van der Waals surface area contributed by atoms with Crippen molar-refractivity contribution in [3.8, 4) is 11.4 Å². The van der Waals surface area contributed by atoms with Crippen molar-refractivity contribution in [1.29, 1.82) is 0 Å². The van der Waals surface area contributed by atoms with Gasteiger partial charge in [-0.3, -0.25) is 4.98 Å². The second kappa shape index (κ2) is 6.24. The molecule has 1 fully saturated rings. The summed E-state index contributed by atoms with van der Waals surface area (Å²) in [6.45, 7) is 0. The number of aryl methyl sites for hydroxylation is 1. The van der Waals surface area contributed by atoms with Gasteiger partial charge in [0.1, 0.15) is 5.82 Å². The third-order valence-corrected chi connectivity index (χ3v) is 4.92. The summed E-state index contributed by atoms with van der Waals surface area (Å²) in [6, 6.07) is 3.99. The molecule has 2 aliphatic carbocycles. The number of hydrogen-bond donors (Lipinski definition) is 2. The fourth-order valence-electron chi connectivity index (χ4n) is 3.64. The summed E-state index contributed by atoms with van der Waals surface area (Å²) < 4.78 is 0. The van der Waals surface area contributed by atoms with Gasteiger partial charge in [-0.25, -0.2) is 9.97 Å². The summed E-state index contributed by atoms with van der Waals surface area (Å²) in [5.41, 5.74) is 3.38. The van der Waals surface area contributed by atoms with Gasteiger partial charge in [-0.05, 0) is 44.2 Å². The molecule has 2 aromatic rings. The molecule has 2 atom stereocenters. The fourth-order valence-corrected chi connectivity index (χ4v) is 3.64. The molecular formula is C18H22N4O. The molecule has 0 radical (unpaired) electrons. The quantitative estimate of drug-likeness (QED) is 0.912. The van der Waals surface area contributed by atoms with E-state index in [1.165, 1.54) is 12.0 Å². The number of hydrogen-bond acceptors (Lipinski definition) is 5. The zero-order chi connectivity index (χ0) is 15.6. The maximum absolute atomic E-state index is 10.3. The van der Waals surface area contributed by atoms with Gasteiger partial charge in [-0.2, -0.15) is 0 Å². The van der Waals surface area contributed by atoms with Gasteiger partial charge < -0.3 is 10.4 Å². The molecule has 2 aromatic heterocycles. The molecule has 2 heterocycles. The van der Waals surface area contributed by atoms with E-state index in [-0.39, 0.29) is 12.1 Å². The zero-order valence-electron chi connectivity index (χ0n) is 13.2. The first-order valence-electron chi connectivity index (χ1n) is 8.56. The third kappa shape index (κ3) is 2.93. The first-order chi connectivity index (χ1) is 11.3. The second-order valence-corrected chi connectivity index (χ2v) is 6.51. The molecule has 0 aromatic carbocycles. The summed E-state index contributed by atoms with van der Waals surface area (Å²) in [6.07, 6.45) is 10.6. The third-order valence-electron chi connectivity index (χ3n) is 4.92. The van der Waals surface area contributed by atoms with Crippen molar-refractivity contribution in [1.82, 2.24) is 15.0 Å². The summed E-state index contributed by atoms with van der Waals surface area (Å²) in [7, 11) is 0. The van der Waals surface area contributed by atoms with Crippen molar-refractivity contribution < 1.29 is 5.11 Å². The maximum Gasteiger partial charge on any atom is 0.161 e. The van der Waals surface area contributed by atoms with Crippen LogP contribution in [0.4, 0.5) is 5.82 Å². The van der Waals surface area contributed by atoms with E-state index in [9.17, 15) is 5.11 Å². The molecule has 120 valence electrons. The summed E-state index contributed by atoms with van der Waals surface area (Å²) >= 11 is 0. The lowest BCUT2D eigenvalue weighted by Crippen LogP contribution is -2.37. The summed E-state index contributed by atoms with van der Waals surface area (Å²) in [4.78, 5) is 13.6. The minimum atomic E-state index is -0.278. The van der Waals surface area contributed by atoms with Crippen LogP contribution >= 0.6 is 0 Å². The Bertz CT molecular complexity index is 689. The fraction of sp³-hybridized carbons (Fsp3) is 0.500. The van der Waals surface area contributed by atoms with Crippen molar-refractivity contribution in [2.75, 3.05) is 5.32 Å². The first kappa shape index (κ1) is 14.6. The molecule has 1 saturated carbocycles. The van der Waals surface area contributed by atoms with Crippen molar-refractivity contribution in [3.05, 3.63) is 35.8 Å². The van der Waals surface area contributed by atoms with Crippen molar-refractivity contribution in [3.63, 3.8) is 0 Å². The monoisotopic (exact) mass is 310 g/mol. The Balaban J connectivity index is 1.69. The number of aromatic nitrogens is 3. The number of pyridine rings is 1. The number of anilines is 1. The van der Waals surface area contributed by atoms with Gasteiger partial charge in [-0.1, -0.05) is 12.8 Å². The normalized spacial score (nSPS) is 23.5. The average Bonchev–Trinajstić information content (AvgIpc) is 3.06. The van der Waals surface area contributed by atoms with Crippen LogP contribution in [0.3, 0.4) is 0 Å². The van der Waals surface area contributed by atoms with Crippen LogP contribution in [-0.2, 0) is 12.8 Å². The largest absolute Gasteiger partial charge is 0.391 e. The summed E-state index contributed by atoms with van der Waals surface area (Å²) in [5, 5.41) is 13.8. The molecule has 23 heavy (non-hydrogen) atoms. The van der Waals surface area contributed by atoms with Gasteiger partial charge in [-0.15, -0.1) is 0 Å². The van der Waals surface area contributed by atoms with Crippen molar-refractivity contribution >= 4 is 5.82 Å². The summed E-state index contributed by atoms with van der Waals surface area (Å²) in [5.74, 6) is 1.67. The Morgan fingerprint density at radius 1 is 1.00 bits per heavy atom. The van der Waals surface area contributed by atoms with Crippen molar-refractivity contribution in [2.45, 2.75) is 57.1 Å². The van der Waals surface area contributed by atoms with Crippen LogP contribution < -0.4 is 5.32 Å². The van der Waals surface area contributed by atoms with Gasteiger partial charge >= 0.3 is 0 Å². The Morgan fingerprint density at radius 3 is 2.65 bits per heavy atom. The molecule has 0 amide bonds. The van der Waals surface area contributed by atoms with Crippen LogP contribution in [0.25, 0.3) is 11.4 Å². The van der Waals surface area contributed by atoms with Gasteiger partial charge in [0.25, 0.3) is 0 Å². The van der Waals surface area contributed by atoms with Crippen LogP contribution in [0, 0.1) is 0 Å². The lowest BCUT2D eigenvalue weighted by molar-refractivity contribution is 0.116.